The summed E-state index contributed by atoms with van der Waals surface area (Å²) in [5.74, 6) is -0.978. The van der Waals surface area contributed by atoms with Gasteiger partial charge in [0.15, 0.2) is 5.16 Å². The lowest BCUT2D eigenvalue weighted by molar-refractivity contribution is -0.118. The van der Waals surface area contributed by atoms with Crippen LogP contribution in [0.25, 0.3) is 5.00 Å². The maximum atomic E-state index is 12.2. The Morgan fingerprint density at radius 1 is 1.18 bits per heavy atom. The van der Waals surface area contributed by atoms with Gasteiger partial charge < -0.3 is 9.67 Å². The van der Waals surface area contributed by atoms with Crippen molar-refractivity contribution >= 4 is 41.2 Å². The van der Waals surface area contributed by atoms with Gasteiger partial charge in [0.2, 0.25) is 0 Å². The molecule has 0 aromatic carbocycles. The molecule has 34 heavy (non-hydrogen) atoms. The Morgan fingerprint density at radius 3 is 2.59 bits per heavy atom. The van der Waals surface area contributed by atoms with Crippen molar-refractivity contribution in [1.82, 2.24) is 20.0 Å². The fourth-order valence-electron chi connectivity index (χ4n) is 4.25. The van der Waals surface area contributed by atoms with Crippen molar-refractivity contribution in [3.05, 3.63) is 56.5 Å². The first kappa shape index (κ1) is 24.2. The van der Waals surface area contributed by atoms with Crippen molar-refractivity contribution in [3.63, 3.8) is 0 Å². The molecular formula is C24H27N5O3S2. The van der Waals surface area contributed by atoms with E-state index < -0.39 is 5.97 Å². The van der Waals surface area contributed by atoms with Crippen LogP contribution in [0.4, 0.5) is 0 Å². The lowest BCUT2D eigenvalue weighted by Gasteiger charge is -2.11. The first-order valence-corrected chi connectivity index (χ1v) is 12.9. The van der Waals surface area contributed by atoms with E-state index in [1.807, 2.05) is 44.4 Å². The number of rotatable bonds is 7. The molecule has 0 saturated carbocycles. The molecule has 0 spiro atoms. The first-order chi connectivity index (χ1) is 16.2. The van der Waals surface area contributed by atoms with Gasteiger partial charge in [0, 0.05) is 33.2 Å². The van der Waals surface area contributed by atoms with E-state index in [-0.39, 0.29) is 11.7 Å². The van der Waals surface area contributed by atoms with E-state index in [0.717, 1.165) is 64.6 Å². The van der Waals surface area contributed by atoms with Crippen LogP contribution in [-0.2, 0) is 17.6 Å². The molecule has 1 aliphatic rings. The number of hydrogen-bond acceptors (Lipinski definition) is 7. The monoisotopic (exact) mass is 497 g/mol. The highest BCUT2D eigenvalue weighted by Crippen LogP contribution is 2.38. The number of aromatic carboxylic acids is 1. The minimum absolute atomic E-state index is 0.155. The second-order valence-corrected chi connectivity index (χ2v) is 10.4. The smallest absolute Gasteiger partial charge is 0.339 e. The largest absolute Gasteiger partial charge is 0.478 e. The number of carboxylic acid groups (broad SMARTS) is 1. The summed E-state index contributed by atoms with van der Waals surface area (Å²) in [5.41, 5.74) is 8.31. The van der Waals surface area contributed by atoms with Crippen LogP contribution in [0.1, 0.15) is 62.0 Å². The van der Waals surface area contributed by atoms with Crippen LogP contribution in [0.15, 0.2) is 22.4 Å². The molecule has 3 aromatic heterocycles. The van der Waals surface area contributed by atoms with Crippen molar-refractivity contribution in [1.29, 1.82) is 0 Å². The number of thiophene rings is 1. The third-order valence-electron chi connectivity index (χ3n) is 5.73. The Hall–Kier alpha value is -2.98. The summed E-state index contributed by atoms with van der Waals surface area (Å²) in [6.45, 7) is 7.68. The van der Waals surface area contributed by atoms with Crippen LogP contribution in [0.5, 0.6) is 0 Å². The van der Waals surface area contributed by atoms with Crippen LogP contribution in [0.2, 0.25) is 0 Å². The molecule has 1 amide bonds. The average molecular weight is 498 g/mol. The molecule has 10 heteroatoms. The Bertz CT molecular complexity index is 1270. The van der Waals surface area contributed by atoms with E-state index in [9.17, 15) is 14.7 Å². The molecule has 8 nitrogen and oxygen atoms in total. The van der Waals surface area contributed by atoms with Gasteiger partial charge in [-0.1, -0.05) is 11.8 Å². The van der Waals surface area contributed by atoms with E-state index in [0.29, 0.717) is 10.7 Å². The molecule has 2 N–H and O–H groups in total. The Labute approximate surface area is 206 Å². The first-order valence-electron chi connectivity index (χ1n) is 11.1. The van der Waals surface area contributed by atoms with Crippen LogP contribution in [0.3, 0.4) is 0 Å². The highest BCUT2D eigenvalue weighted by Gasteiger charge is 2.27. The molecular weight excluding hydrogens is 470 g/mol. The van der Waals surface area contributed by atoms with Gasteiger partial charge in [-0.15, -0.1) is 11.3 Å². The molecule has 0 atom stereocenters. The van der Waals surface area contributed by atoms with E-state index in [1.54, 1.807) is 17.6 Å². The number of aromatic nitrogens is 3. The highest BCUT2D eigenvalue weighted by molar-refractivity contribution is 7.99. The summed E-state index contributed by atoms with van der Waals surface area (Å²) in [5, 5.41) is 15.4. The Kier molecular flexibility index (Phi) is 7.18. The van der Waals surface area contributed by atoms with Crippen molar-refractivity contribution in [2.75, 3.05) is 5.75 Å². The molecule has 0 fully saturated rings. The predicted octanol–water partition coefficient (Wildman–Crippen LogP) is 4.38. The zero-order chi connectivity index (χ0) is 24.4. The number of fused-ring (bicyclic) bond motifs is 1. The minimum atomic E-state index is -0.880. The van der Waals surface area contributed by atoms with Crippen LogP contribution in [-0.4, -0.2) is 43.5 Å². The lowest BCUT2D eigenvalue weighted by Crippen LogP contribution is -2.19. The summed E-state index contributed by atoms with van der Waals surface area (Å²) in [7, 11) is 0. The molecule has 3 aromatic rings. The van der Waals surface area contributed by atoms with Gasteiger partial charge in [-0.2, -0.15) is 5.10 Å². The van der Waals surface area contributed by atoms with E-state index in [1.165, 1.54) is 16.6 Å². The lowest BCUT2D eigenvalue weighted by atomic mass is 9.95. The summed E-state index contributed by atoms with van der Waals surface area (Å²) in [6.07, 6.45) is 5.48. The molecule has 0 radical (unpaired) electrons. The second kappa shape index (κ2) is 10.1. The zero-order valence-electron chi connectivity index (χ0n) is 19.6. The maximum absolute atomic E-state index is 12.2. The number of thioether (sulfide) groups is 1. The van der Waals surface area contributed by atoms with Crippen LogP contribution < -0.4 is 5.43 Å². The Balaban J connectivity index is 1.48. The SMILES string of the molecule is Cc1cc(C)nc(SCC(=O)N/N=C\c2cc(C)n(-c3sc4c(c3C(=O)O)CCCC4)c2C)n1. The Morgan fingerprint density at radius 2 is 1.88 bits per heavy atom. The van der Waals surface area contributed by atoms with E-state index in [4.69, 9.17) is 0 Å². The van der Waals surface area contributed by atoms with Crippen molar-refractivity contribution in [2.45, 2.75) is 58.5 Å². The molecule has 4 rings (SSSR count). The number of hydrazone groups is 1. The van der Waals surface area contributed by atoms with Crippen molar-refractivity contribution < 1.29 is 14.7 Å². The summed E-state index contributed by atoms with van der Waals surface area (Å²) in [4.78, 5) is 34.2. The van der Waals surface area contributed by atoms with Crippen LogP contribution >= 0.6 is 23.1 Å². The number of nitrogens with one attached hydrogen (secondary N) is 1. The van der Waals surface area contributed by atoms with Crippen LogP contribution in [0, 0.1) is 27.7 Å². The second-order valence-electron chi connectivity index (χ2n) is 8.37. The van der Waals surface area contributed by atoms with Gasteiger partial charge in [-0.25, -0.2) is 20.2 Å². The van der Waals surface area contributed by atoms with Gasteiger partial charge >= 0.3 is 5.97 Å². The number of hydrogen-bond donors (Lipinski definition) is 2. The van der Waals surface area contributed by atoms with Gasteiger partial charge in [-0.05, 0) is 71.1 Å². The third-order valence-corrected chi connectivity index (χ3v) is 7.85. The van der Waals surface area contributed by atoms with Gasteiger partial charge in [-0.3, -0.25) is 4.79 Å². The molecule has 178 valence electrons. The summed E-state index contributed by atoms with van der Waals surface area (Å²) >= 11 is 2.83. The quantitative estimate of drug-likeness (QED) is 0.217. The third kappa shape index (κ3) is 5.07. The summed E-state index contributed by atoms with van der Waals surface area (Å²) < 4.78 is 1.99. The van der Waals surface area contributed by atoms with Gasteiger partial charge in [0.05, 0.1) is 17.5 Å². The molecule has 0 aliphatic heterocycles. The number of carbonyl (C=O) groups excluding carboxylic acids is 1. The standard InChI is InChI=1S/C24H27N5O3S2/c1-13-9-14(2)27-24(26-13)33-12-20(30)28-25-11-17-10-15(3)29(16(17)4)22-21(23(31)32)18-7-5-6-8-19(18)34-22/h9-11H,5-8,12H2,1-4H3,(H,28,30)(H,31,32)/b25-11-. The number of carbonyl (C=O) groups is 2. The fraction of sp³-hybridized carbons (Fsp3) is 0.375. The van der Waals surface area contributed by atoms with E-state index in [2.05, 4.69) is 20.5 Å². The topological polar surface area (TPSA) is 109 Å². The number of aryl methyl sites for hydroxylation is 4. The predicted molar refractivity (Wildman–Crippen MR) is 135 cm³/mol. The number of nitrogens with zero attached hydrogens (tertiary/aromatic N) is 4. The van der Waals surface area contributed by atoms with Crippen molar-refractivity contribution in [3.8, 4) is 5.00 Å². The summed E-state index contributed by atoms with van der Waals surface area (Å²) in [6, 6.07) is 3.84. The molecule has 0 bridgehead atoms. The minimum Gasteiger partial charge on any atom is -0.478 e. The molecule has 0 saturated heterocycles. The average Bonchev–Trinajstić information content (AvgIpc) is 3.28. The normalized spacial score (nSPS) is 13.3. The molecule has 0 unspecified atom stereocenters. The zero-order valence-corrected chi connectivity index (χ0v) is 21.3. The maximum Gasteiger partial charge on any atom is 0.339 e. The molecule has 1 aliphatic carbocycles. The highest BCUT2D eigenvalue weighted by atomic mass is 32.2. The van der Waals surface area contributed by atoms with E-state index >= 15 is 0 Å². The van der Waals surface area contributed by atoms with Gasteiger partial charge in [0.25, 0.3) is 5.91 Å². The number of amides is 1. The molecule has 3 heterocycles. The number of carboxylic acids is 1. The fourth-order valence-corrected chi connectivity index (χ4v) is 6.49. The van der Waals surface area contributed by atoms with Crippen molar-refractivity contribution in [2.24, 2.45) is 5.10 Å². The van der Waals surface area contributed by atoms with Gasteiger partial charge in [0.1, 0.15) is 5.00 Å².